The molecule has 5 heteroatoms. The molecule has 0 aliphatic carbocycles. The van der Waals surface area contributed by atoms with Gasteiger partial charge in [0.25, 0.3) is 0 Å². The van der Waals surface area contributed by atoms with E-state index in [-0.39, 0.29) is 17.1 Å². The molecule has 0 saturated carbocycles. The van der Waals surface area contributed by atoms with Crippen LogP contribution < -0.4 is 5.32 Å². The van der Waals surface area contributed by atoms with E-state index in [1.54, 1.807) is 12.1 Å². The first kappa shape index (κ1) is 14.6. The molecule has 0 aliphatic heterocycles. The highest BCUT2D eigenvalue weighted by atomic mass is 32.2. The fraction of sp³-hybridized carbons (Fsp3) is 0.385. The van der Waals surface area contributed by atoms with Crippen molar-refractivity contribution in [3.05, 3.63) is 24.3 Å². The number of rotatable bonds is 5. The topological polar surface area (TPSA) is 66.4 Å². The van der Waals surface area contributed by atoms with Crippen LogP contribution in [-0.2, 0) is 9.59 Å². The van der Waals surface area contributed by atoms with Gasteiger partial charge in [-0.2, -0.15) is 0 Å². The van der Waals surface area contributed by atoms with Crippen molar-refractivity contribution in [1.82, 2.24) is 0 Å². The van der Waals surface area contributed by atoms with Crippen LogP contribution in [-0.4, -0.2) is 21.7 Å². The largest absolute Gasteiger partial charge is 0.481 e. The molecule has 0 heterocycles. The molecular formula is C13H17NO3S. The van der Waals surface area contributed by atoms with Gasteiger partial charge >= 0.3 is 5.97 Å². The minimum absolute atomic E-state index is 0.102. The van der Waals surface area contributed by atoms with Crippen molar-refractivity contribution in [2.75, 3.05) is 5.32 Å². The molecule has 4 nitrogen and oxygen atoms in total. The number of carboxylic acids is 1. The van der Waals surface area contributed by atoms with Gasteiger partial charge in [-0.15, -0.1) is 11.8 Å². The van der Waals surface area contributed by atoms with E-state index in [1.165, 1.54) is 18.7 Å². The van der Waals surface area contributed by atoms with E-state index < -0.39 is 5.97 Å². The molecule has 1 amide bonds. The van der Waals surface area contributed by atoms with E-state index in [0.717, 1.165) is 10.6 Å². The van der Waals surface area contributed by atoms with Gasteiger partial charge in [0, 0.05) is 22.3 Å². The van der Waals surface area contributed by atoms with Gasteiger partial charge in [0.2, 0.25) is 5.91 Å². The number of carbonyl (C=O) groups is 2. The molecule has 18 heavy (non-hydrogen) atoms. The maximum absolute atomic E-state index is 10.9. The predicted octanol–water partition coefficient (Wildman–Crippen LogP) is 2.99. The van der Waals surface area contributed by atoms with Crippen molar-refractivity contribution in [1.29, 1.82) is 0 Å². The van der Waals surface area contributed by atoms with Crippen molar-refractivity contribution in [3.8, 4) is 0 Å². The lowest BCUT2D eigenvalue weighted by molar-refractivity contribution is -0.137. The van der Waals surface area contributed by atoms with E-state index in [2.05, 4.69) is 5.32 Å². The Morgan fingerprint density at radius 3 is 2.28 bits per heavy atom. The Morgan fingerprint density at radius 2 is 1.83 bits per heavy atom. The summed E-state index contributed by atoms with van der Waals surface area (Å²) < 4.78 is -0.360. The van der Waals surface area contributed by atoms with Gasteiger partial charge in [-0.3, -0.25) is 9.59 Å². The van der Waals surface area contributed by atoms with Crippen molar-refractivity contribution < 1.29 is 14.7 Å². The Labute approximate surface area is 111 Å². The summed E-state index contributed by atoms with van der Waals surface area (Å²) in [6, 6.07) is 7.36. The molecule has 0 saturated heterocycles. The lowest BCUT2D eigenvalue weighted by Gasteiger charge is -2.21. The third-order valence-electron chi connectivity index (χ3n) is 2.15. The van der Waals surface area contributed by atoms with Crippen LogP contribution in [0.25, 0.3) is 0 Å². The minimum atomic E-state index is -0.803. The van der Waals surface area contributed by atoms with Gasteiger partial charge in [-0.05, 0) is 38.1 Å². The van der Waals surface area contributed by atoms with E-state index in [0.29, 0.717) is 0 Å². The monoisotopic (exact) mass is 267 g/mol. The summed E-state index contributed by atoms with van der Waals surface area (Å²) >= 11 is 1.51. The number of nitrogens with one attached hydrogen (secondary N) is 1. The molecule has 1 aromatic rings. The molecule has 0 spiro atoms. The van der Waals surface area contributed by atoms with Gasteiger partial charge in [0.1, 0.15) is 0 Å². The zero-order valence-corrected chi connectivity index (χ0v) is 11.5. The van der Waals surface area contributed by atoms with Crippen LogP contribution >= 0.6 is 11.8 Å². The van der Waals surface area contributed by atoms with Crippen LogP contribution in [0.2, 0.25) is 0 Å². The number of aliphatic carboxylic acids is 1. The number of amides is 1. The Hall–Kier alpha value is -1.49. The molecule has 98 valence electrons. The first-order valence-electron chi connectivity index (χ1n) is 5.57. The maximum atomic E-state index is 10.9. The highest BCUT2D eigenvalue weighted by Crippen LogP contribution is 2.35. The highest BCUT2D eigenvalue weighted by molar-refractivity contribution is 8.00. The second kappa shape index (κ2) is 5.91. The normalized spacial score (nSPS) is 11.1. The number of carbonyl (C=O) groups excluding carboxylic acids is 1. The second-order valence-electron chi connectivity index (χ2n) is 4.64. The van der Waals surface area contributed by atoms with Crippen molar-refractivity contribution >= 4 is 29.3 Å². The Balaban J connectivity index is 2.68. The quantitative estimate of drug-likeness (QED) is 0.805. The molecule has 1 rings (SSSR count). The summed E-state index contributed by atoms with van der Waals surface area (Å²) in [6.45, 7) is 5.25. The minimum Gasteiger partial charge on any atom is -0.481 e. The summed E-state index contributed by atoms with van der Waals surface area (Å²) in [5.41, 5.74) is 0.739. The fourth-order valence-electron chi connectivity index (χ4n) is 1.53. The van der Waals surface area contributed by atoms with Gasteiger partial charge in [-0.1, -0.05) is 0 Å². The van der Waals surface area contributed by atoms with Crippen LogP contribution in [0, 0.1) is 0 Å². The molecule has 0 bridgehead atoms. The molecular weight excluding hydrogens is 250 g/mol. The summed E-state index contributed by atoms with van der Waals surface area (Å²) in [4.78, 5) is 22.6. The molecule has 0 atom stereocenters. The van der Waals surface area contributed by atoms with Gasteiger partial charge in [0.05, 0.1) is 6.42 Å². The Kier molecular flexibility index (Phi) is 4.78. The van der Waals surface area contributed by atoms with Crippen molar-refractivity contribution in [2.45, 2.75) is 36.8 Å². The molecule has 1 aromatic carbocycles. The summed E-state index contributed by atoms with van der Waals surface area (Å²) in [5, 5.41) is 11.5. The van der Waals surface area contributed by atoms with E-state index in [1.807, 2.05) is 26.0 Å². The van der Waals surface area contributed by atoms with E-state index in [4.69, 9.17) is 5.11 Å². The standard InChI is InChI=1S/C13H17NO3S/c1-9(15)14-10-4-6-11(7-5-10)18-13(2,3)8-12(16)17/h4-7H,8H2,1-3H3,(H,14,15)(H,16,17). The molecule has 0 aliphatic rings. The zero-order chi connectivity index (χ0) is 13.8. The third-order valence-corrected chi connectivity index (χ3v) is 3.35. The zero-order valence-electron chi connectivity index (χ0n) is 10.7. The Morgan fingerprint density at radius 1 is 1.28 bits per heavy atom. The number of carboxylic acid groups (broad SMARTS) is 1. The first-order valence-corrected chi connectivity index (χ1v) is 6.39. The molecule has 0 radical (unpaired) electrons. The van der Waals surface area contributed by atoms with Crippen LogP contribution in [0.4, 0.5) is 5.69 Å². The maximum Gasteiger partial charge on any atom is 0.304 e. The average Bonchev–Trinajstić information content (AvgIpc) is 2.17. The van der Waals surface area contributed by atoms with E-state index in [9.17, 15) is 9.59 Å². The fourth-order valence-corrected chi connectivity index (χ4v) is 2.63. The average molecular weight is 267 g/mol. The smallest absolute Gasteiger partial charge is 0.304 e. The lowest BCUT2D eigenvalue weighted by atomic mass is 10.1. The molecule has 0 aromatic heterocycles. The number of hydrogen-bond acceptors (Lipinski definition) is 3. The number of anilines is 1. The first-order chi connectivity index (χ1) is 8.28. The van der Waals surface area contributed by atoms with Crippen LogP contribution in [0.3, 0.4) is 0 Å². The van der Waals surface area contributed by atoms with Gasteiger partial charge in [-0.25, -0.2) is 0 Å². The van der Waals surface area contributed by atoms with Crippen molar-refractivity contribution in [3.63, 3.8) is 0 Å². The van der Waals surface area contributed by atoms with Crippen LogP contribution in [0.5, 0.6) is 0 Å². The lowest BCUT2D eigenvalue weighted by Crippen LogP contribution is -2.19. The Bertz CT molecular complexity index is 440. The molecule has 0 fully saturated rings. The van der Waals surface area contributed by atoms with Crippen LogP contribution in [0.15, 0.2) is 29.2 Å². The summed E-state index contributed by atoms with van der Waals surface area (Å²) in [6.07, 6.45) is 0.102. The van der Waals surface area contributed by atoms with Gasteiger partial charge < -0.3 is 10.4 Å². The highest BCUT2D eigenvalue weighted by Gasteiger charge is 2.23. The number of thioether (sulfide) groups is 1. The van der Waals surface area contributed by atoms with Crippen LogP contribution in [0.1, 0.15) is 27.2 Å². The number of hydrogen-bond donors (Lipinski definition) is 2. The summed E-state index contributed by atoms with van der Waals surface area (Å²) in [5.74, 6) is -0.913. The number of benzene rings is 1. The SMILES string of the molecule is CC(=O)Nc1ccc(SC(C)(C)CC(=O)O)cc1. The predicted molar refractivity (Wildman–Crippen MR) is 72.9 cm³/mol. The van der Waals surface area contributed by atoms with Gasteiger partial charge in [0.15, 0.2) is 0 Å². The third kappa shape index (κ3) is 5.23. The molecule has 2 N–H and O–H groups in total. The van der Waals surface area contributed by atoms with Crippen molar-refractivity contribution in [2.24, 2.45) is 0 Å². The molecule has 0 unspecified atom stereocenters. The van der Waals surface area contributed by atoms with E-state index >= 15 is 0 Å². The second-order valence-corrected chi connectivity index (χ2v) is 6.42. The summed E-state index contributed by atoms with van der Waals surface area (Å²) in [7, 11) is 0.